The van der Waals surface area contributed by atoms with E-state index in [-0.39, 0.29) is 0 Å². The molecular weight excluding hydrogens is 408 g/mol. The van der Waals surface area contributed by atoms with Gasteiger partial charge in [-0.15, -0.1) is 6.42 Å². The highest BCUT2D eigenvalue weighted by atomic mass is 15.1. The van der Waals surface area contributed by atoms with Crippen molar-refractivity contribution in [3.63, 3.8) is 0 Å². The number of benzene rings is 1. The summed E-state index contributed by atoms with van der Waals surface area (Å²) in [6.07, 6.45) is 16.6. The van der Waals surface area contributed by atoms with E-state index < -0.39 is 0 Å². The maximum absolute atomic E-state index is 5.22. The Morgan fingerprint density at radius 1 is 1.15 bits per heavy atom. The van der Waals surface area contributed by atoms with Gasteiger partial charge in [0.15, 0.2) is 0 Å². The Balaban J connectivity index is 1.37. The summed E-state index contributed by atoms with van der Waals surface area (Å²) in [5.74, 6) is 3.90. The van der Waals surface area contributed by atoms with E-state index in [1.165, 1.54) is 49.1 Å². The van der Waals surface area contributed by atoms with Crippen LogP contribution in [0.4, 0.5) is 5.69 Å². The van der Waals surface area contributed by atoms with E-state index >= 15 is 0 Å². The van der Waals surface area contributed by atoms with Crippen molar-refractivity contribution in [3.05, 3.63) is 28.4 Å². The summed E-state index contributed by atoms with van der Waals surface area (Å²) >= 11 is 0. The topological polar surface area (TPSA) is 65.0 Å². The second kappa shape index (κ2) is 11.9. The second-order valence-corrected chi connectivity index (χ2v) is 9.22. The molecule has 0 radical (unpaired) electrons. The molecule has 3 aliphatic rings. The molecule has 6 heteroatoms. The van der Waals surface area contributed by atoms with Crippen LogP contribution in [0.2, 0.25) is 0 Å². The molecule has 174 valence electrons. The van der Waals surface area contributed by atoms with Gasteiger partial charge < -0.3 is 4.90 Å². The van der Waals surface area contributed by atoms with Gasteiger partial charge in [-0.2, -0.15) is 0 Å². The maximum Gasteiger partial charge on any atom is 0.120 e. The molecule has 1 aromatic rings. The Hall–Kier alpha value is -2.81. The Bertz CT molecular complexity index is 1060. The Morgan fingerprint density at radius 3 is 2.73 bits per heavy atom. The molecule has 0 N–H and O–H groups in total. The molecule has 0 unspecified atom stereocenters. The van der Waals surface area contributed by atoms with Gasteiger partial charge in [-0.1, -0.05) is 5.92 Å². The number of fused-ring (bicyclic) bond motifs is 1. The molecule has 4 rings (SSSR count). The van der Waals surface area contributed by atoms with Crippen LogP contribution in [0.15, 0.2) is 37.1 Å². The summed E-state index contributed by atoms with van der Waals surface area (Å²) in [6, 6.07) is 4.69. The normalized spacial score (nSPS) is 21.2. The van der Waals surface area contributed by atoms with Crippen LogP contribution in [0, 0.1) is 18.3 Å². The predicted octanol–water partition coefficient (Wildman–Crippen LogP) is 3.23. The minimum atomic E-state index is 0.380. The number of hydrogen-bond acceptors (Lipinski definition) is 5. The quantitative estimate of drug-likeness (QED) is 0.377. The van der Waals surface area contributed by atoms with Gasteiger partial charge in [0.1, 0.15) is 12.4 Å². The minimum Gasteiger partial charge on any atom is -0.371 e. The number of rotatable bonds is 6. The van der Waals surface area contributed by atoms with Crippen molar-refractivity contribution < 1.29 is 0 Å². The average molecular weight is 445 g/mol. The zero-order valence-electron chi connectivity index (χ0n) is 20.0. The first-order chi connectivity index (χ1) is 16.2. The summed E-state index contributed by atoms with van der Waals surface area (Å²) in [5, 5.41) is 2.26. The highest BCUT2D eigenvalue weighted by Gasteiger charge is 2.20. The van der Waals surface area contributed by atoms with Crippen molar-refractivity contribution in [2.24, 2.45) is 30.9 Å². The zero-order chi connectivity index (χ0) is 22.9. The van der Waals surface area contributed by atoms with Gasteiger partial charge in [-0.05, 0) is 81.9 Å². The van der Waals surface area contributed by atoms with Crippen molar-refractivity contribution in [2.75, 3.05) is 44.2 Å². The number of anilines is 1. The minimum absolute atomic E-state index is 0.380. The highest BCUT2D eigenvalue weighted by Crippen LogP contribution is 2.26. The first kappa shape index (κ1) is 23.4. The van der Waals surface area contributed by atoms with E-state index in [1.54, 1.807) is 0 Å². The van der Waals surface area contributed by atoms with Crippen LogP contribution in [0.5, 0.6) is 0 Å². The van der Waals surface area contributed by atoms with Gasteiger partial charge in [-0.3, -0.25) is 20.0 Å². The molecule has 2 heterocycles. The van der Waals surface area contributed by atoms with Crippen LogP contribution >= 0.6 is 0 Å². The first-order valence-corrected chi connectivity index (χ1v) is 12.5. The molecule has 0 amide bonds. The van der Waals surface area contributed by atoms with Crippen LogP contribution in [-0.4, -0.2) is 57.0 Å². The molecule has 1 aromatic carbocycles. The lowest BCUT2D eigenvalue weighted by molar-refractivity contribution is 0.438. The van der Waals surface area contributed by atoms with E-state index in [9.17, 15) is 0 Å². The molecular formula is C27H36N6. The summed E-state index contributed by atoms with van der Waals surface area (Å²) in [5.41, 5.74) is 4.07. The molecule has 0 aromatic heterocycles. The van der Waals surface area contributed by atoms with E-state index in [4.69, 9.17) is 21.4 Å². The second-order valence-electron chi connectivity index (χ2n) is 9.22. The lowest BCUT2D eigenvalue weighted by Crippen LogP contribution is -2.37. The molecule has 1 aliphatic carbocycles. The molecule has 2 fully saturated rings. The molecule has 2 aliphatic heterocycles. The molecule has 6 nitrogen and oxygen atoms in total. The number of amidine groups is 1. The van der Waals surface area contributed by atoms with Crippen molar-refractivity contribution >= 4 is 23.4 Å². The fourth-order valence-corrected chi connectivity index (χ4v) is 5.01. The number of piperidine rings is 1. The lowest BCUT2D eigenvalue weighted by atomic mass is 9.83. The van der Waals surface area contributed by atoms with Gasteiger partial charge >= 0.3 is 0 Å². The van der Waals surface area contributed by atoms with Crippen LogP contribution in [0.3, 0.4) is 0 Å². The van der Waals surface area contributed by atoms with Crippen LogP contribution in [0.1, 0.15) is 57.4 Å². The number of hydrogen-bond donors (Lipinski definition) is 0. The van der Waals surface area contributed by atoms with Crippen LogP contribution in [0.25, 0.3) is 0 Å². The van der Waals surface area contributed by atoms with Crippen molar-refractivity contribution in [1.29, 1.82) is 0 Å². The summed E-state index contributed by atoms with van der Waals surface area (Å²) in [7, 11) is 0. The third-order valence-electron chi connectivity index (χ3n) is 6.79. The standard InChI is InChI=1S/C27H36N6/c1-3-11-28-21(2)29-12-13-30-24-9-7-22(8-10-24)18-23-19-25(33-16-5-4-6-17-33)20-26-27(23)32-15-14-31-26/h1,12,19-20,22H,4-11,13-18H2,2H3/b28-21-,29-12-,30-24?. The average Bonchev–Trinajstić information content (AvgIpc) is 2.87. The van der Waals surface area contributed by atoms with Gasteiger partial charge in [0.05, 0.1) is 30.3 Å². The van der Waals surface area contributed by atoms with Crippen molar-refractivity contribution in [3.8, 4) is 12.3 Å². The van der Waals surface area contributed by atoms with Gasteiger partial charge in [0.2, 0.25) is 0 Å². The molecule has 0 atom stereocenters. The monoisotopic (exact) mass is 444 g/mol. The molecule has 0 bridgehead atoms. The van der Waals surface area contributed by atoms with E-state index in [1.807, 2.05) is 13.1 Å². The fourth-order valence-electron chi connectivity index (χ4n) is 5.01. The number of terminal acetylenes is 1. The van der Waals surface area contributed by atoms with Crippen LogP contribution < -0.4 is 15.6 Å². The largest absolute Gasteiger partial charge is 0.371 e. The third kappa shape index (κ3) is 6.60. The third-order valence-corrected chi connectivity index (χ3v) is 6.79. The summed E-state index contributed by atoms with van der Waals surface area (Å²) in [4.78, 5) is 25.4. The molecule has 1 saturated carbocycles. The summed E-state index contributed by atoms with van der Waals surface area (Å²) < 4.78 is 0. The van der Waals surface area contributed by atoms with Crippen molar-refractivity contribution in [2.45, 2.75) is 58.3 Å². The lowest BCUT2D eigenvalue weighted by Gasteiger charge is -2.30. The molecule has 0 spiro atoms. The predicted molar refractivity (Wildman–Crippen MR) is 138 cm³/mol. The van der Waals surface area contributed by atoms with E-state index in [2.05, 4.69) is 32.9 Å². The fraction of sp³-hybridized carbons (Fsp3) is 0.593. The van der Waals surface area contributed by atoms with Gasteiger partial charge in [-0.25, -0.2) is 4.99 Å². The first-order valence-electron chi connectivity index (χ1n) is 12.5. The SMILES string of the molecule is C#CC/N=C(C)\N=C/CN=C1CCC(Cc2cc(N3CCCCC3)cc3c2=NCCN=3)CC1. The Kier molecular flexibility index (Phi) is 8.41. The van der Waals surface area contributed by atoms with Gasteiger partial charge in [0.25, 0.3) is 0 Å². The zero-order valence-corrected chi connectivity index (χ0v) is 20.0. The number of aliphatic imine (C=N–C) groups is 3. The highest BCUT2D eigenvalue weighted by molar-refractivity contribution is 5.90. The van der Waals surface area contributed by atoms with E-state index in [0.717, 1.165) is 56.2 Å². The Labute approximate surface area is 197 Å². The smallest absolute Gasteiger partial charge is 0.120 e. The van der Waals surface area contributed by atoms with E-state index in [0.29, 0.717) is 24.8 Å². The molecule has 1 saturated heterocycles. The van der Waals surface area contributed by atoms with Gasteiger partial charge in [0, 0.05) is 30.7 Å². The van der Waals surface area contributed by atoms with Crippen molar-refractivity contribution in [1.82, 2.24) is 0 Å². The van der Waals surface area contributed by atoms with Crippen LogP contribution in [-0.2, 0) is 6.42 Å². The summed E-state index contributed by atoms with van der Waals surface area (Å²) in [6.45, 7) is 6.83. The molecule has 33 heavy (non-hydrogen) atoms. The Morgan fingerprint density at radius 2 is 1.94 bits per heavy atom. The maximum atomic E-state index is 5.22. The number of nitrogens with zero attached hydrogens (tertiary/aromatic N) is 6.